The summed E-state index contributed by atoms with van der Waals surface area (Å²) < 4.78 is 23.6. The largest absolute Gasteiger partial charge is 0.497 e. The van der Waals surface area contributed by atoms with E-state index in [1.807, 2.05) is 59.2 Å². The fourth-order valence-corrected chi connectivity index (χ4v) is 7.03. The van der Waals surface area contributed by atoms with Crippen LogP contribution in [0.15, 0.2) is 59.6 Å². The third-order valence-electron chi connectivity index (χ3n) is 9.45. The van der Waals surface area contributed by atoms with Gasteiger partial charge in [0.1, 0.15) is 22.8 Å². The predicted octanol–water partition coefficient (Wildman–Crippen LogP) is 7.16. The molecule has 3 aromatic carbocycles. The zero-order valence-corrected chi connectivity index (χ0v) is 30.0. The topological polar surface area (TPSA) is 93.1 Å². The van der Waals surface area contributed by atoms with Crippen LogP contribution in [0.25, 0.3) is 0 Å². The van der Waals surface area contributed by atoms with Crippen molar-refractivity contribution in [2.24, 2.45) is 4.99 Å². The van der Waals surface area contributed by atoms with Gasteiger partial charge in [-0.3, -0.25) is 19.5 Å². The highest BCUT2D eigenvalue weighted by atomic mass is 16.5. The number of hydrogen-bond acceptors (Lipinski definition) is 8. The van der Waals surface area contributed by atoms with Crippen molar-refractivity contribution in [3.05, 3.63) is 71.3 Å². The number of piperazine rings is 1. The number of carbonyl (C=O) groups is 2. The summed E-state index contributed by atoms with van der Waals surface area (Å²) in [7, 11) is 3.21. The summed E-state index contributed by atoms with van der Waals surface area (Å²) in [5, 5.41) is 0. The highest BCUT2D eigenvalue weighted by Gasteiger charge is 2.38. The number of amides is 2. The fraction of sp³-hybridized carbons (Fsp3) is 0.462. The molecular formula is C39H50N4O6. The number of likely N-dealkylation sites (tertiary alicyclic amines) is 1. The molecule has 0 atom stereocenters. The van der Waals surface area contributed by atoms with Gasteiger partial charge in [-0.25, -0.2) is 0 Å². The molecule has 0 aromatic heterocycles. The van der Waals surface area contributed by atoms with Crippen LogP contribution in [-0.4, -0.2) is 97.9 Å². The number of ether oxygens (including phenoxy) is 4. The average molecular weight is 671 g/mol. The van der Waals surface area contributed by atoms with Crippen LogP contribution in [0.1, 0.15) is 73.2 Å². The molecule has 0 radical (unpaired) electrons. The molecule has 2 aliphatic heterocycles. The summed E-state index contributed by atoms with van der Waals surface area (Å²) in [4.78, 5) is 37.1. The second-order valence-corrected chi connectivity index (χ2v) is 14.1. The Bertz CT molecular complexity index is 1650. The van der Waals surface area contributed by atoms with Crippen molar-refractivity contribution in [1.29, 1.82) is 0 Å². The molecule has 0 unspecified atom stereocenters. The Morgan fingerprint density at radius 3 is 1.98 bits per heavy atom. The molecule has 0 N–H and O–H groups in total. The predicted molar refractivity (Wildman–Crippen MR) is 192 cm³/mol. The van der Waals surface area contributed by atoms with Gasteiger partial charge in [0, 0.05) is 62.9 Å². The van der Waals surface area contributed by atoms with Crippen molar-refractivity contribution >= 4 is 24.2 Å². The SMILES string of the molecule is C=Nc1cc(OC(C)(C)CC(C)(C)N2CCN(C(=O)c3ccc(Oc4ccc(OC)cc4)c(C)c3)CC2)c(OC)cc1C(=O)N1CCCC1. The zero-order valence-electron chi connectivity index (χ0n) is 30.0. The Kier molecular flexibility index (Phi) is 10.9. The monoisotopic (exact) mass is 670 g/mol. The van der Waals surface area contributed by atoms with Gasteiger partial charge in [-0.15, -0.1) is 0 Å². The van der Waals surface area contributed by atoms with Gasteiger partial charge in [0.05, 0.1) is 25.5 Å². The summed E-state index contributed by atoms with van der Waals surface area (Å²) in [6.45, 7) is 18.4. The Labute approximate surface area is 290 Å². The van der Waals surface area contributed by atoms with Crippen LogP contribution in [0, 0.1) is 6.92 Å². The molecule has 2 saturated heterocycles. The molecule has 262 valence electrons. The Balaban J connectivity index is 1.19. The normalized spacial score (nSPS) is 15.6. The maximum Gasteiger partial charge on any atom is 0.256 e. The van der Waals surface area contributed by atoms with Crippen LogP contribution < -0.4 is 18.9 Å². The molecule has 0 spiro atoms. The number of carbonyl (C=O) groups excluding carboxylic acids is 2. The lowest BCUT2D eigenvalue weighted by molar-refractivity contribution is -0.00471. The Morgan fingerprint density at radius 2 is 1.39 bits per heavy atom. The van der Waals surface area contributed by atoms with E-state index in [-0.39, 0.29) is 17.4 Å². The van der Waals surface area contributed by atoms with Crippen molar-refractivity contribution in [1.82, 2.24) is 14.7 Å². The second kappa shape index (κ2) is 14.9. The molecule has 2 fully saturated rings. The molecule has 0 aliphatic carbocycles. The van der Waals surface area contributed by atoms with Crippen molar-refractivity contribution in [2.75, 3.05) is 53.5 Å². The molecule has 0 bridgehead atoms. The molecule has 0 saturated carbocycles. The molecule has 5 rings (SSSR count). The van der Waals surface area contributed by atoms with Crippen LogP contribution in [-0.2, 0) is 0 Å². The molecule has 10 nitrogen and oxygen atoms in total. The number of rotatable bonds is 12. The van der Waals surface area contributed by atoms with Crippen LogP contribution in [0.3, 0.4) is 0 Å². The van der Waals surface area contributed by atoms with E-state index in [4.69, 9.17) is 18.9 Å². The number of hydrogen-bond donors (Lipinski definition) is 0. The number of nitrogens with zero attached hydrogens (tertiary/aromatic N) is 4. The lowest BCUT2D eigenvalue weighted by Crippen LogP contribution is -2.57. The van der Waals surface area contributed by atoms with Gasteiger partial charge in [-0.05, 0) is 108 Å². The van der Waals surface area contributed by atoms with Gasteiger partial charge in [0.15, 0.2) is 11.5 Å². The van der Waals surface area contributed by atoms with Crippen molar-refractivity contribution in [3.63, 3.8) is 0 Å². The number of aryl methyl sites for hydroxylation is 1. The van der Waals surface area contributed by atoms with Gasteiger partial charge in [0.2, 0.25) is 0 Å². The lowest BCUT2D eigenvalue weighted by Gasteiger charge is -2.47. The first-order chi connectivity index (χ1) is 23.3. The van der Waals surface area contributed by atoms with Crippen LogP contribution in [0.4, 0.5) is 5.69 Å². The fourth-order valence-electron chi connectivity index (χ4n) is 7.03. The van der Waals surface area contributed by atoms with E-state index >= 15 is 0 Å². The minimum atomic E-state index is -0.587. The van der Waals surface area contributed by atoms with Crippen molar-refractivity contribution in [2.45, 2.75) is 65.0 Å². The number of benzene rings is 3. The second-order valence-electron chi connectivity index (χ2n) is 14.1. The third-order valence-corrected chi connectivity index (χ3v) is 9.45. The van der Waals surface area contributed by atoms with E-state index in [0.717, 1.165) is 50.3 Å². The molecule has 49 heavy (non-hydrogen) atoms. The van der Waals surface area contributed by atoms with Gasteiger partial charge < -0.3 is 28.7 Å². The lowest BCUT2D eigenvalue weighted by atomic mass is 9.87. The molecule has 3 aromatic rings. The van der Waals surface area contributed by atoms with E-state index in [0.29, 0.717) is 59.3 Å². The molecule has 10 heteroatoms. The van der Waals surface area contributed by atoms with E-state index in [2.05, 4.69) is 44.3 Å². The molecular weight excluding hydrogens is 620 g/mol. The molecule has 2 amide bonds. The highest BCUT2D eigenvalue weighted by molar-refractivity contribution is 6.00. The van der Waals surface area contributed by atoms with Gasteiger partial charge in [0.25, 0.3) is 11.8 Å². The van der Waals surface area contributed by atoms with E-state index < -0.39 is 5.60 Å². The van der Waals surface area contributed by atoms with Crippen molar-refractivity contribution in [3.8, 4) is 28.7 Å². The van der Waals surface area contributed by atoms with E-state index in [1.165, 1.54) is 0 Å². The molecule has 2 aliphatic rings. The maximum absolute atomic E-state index is 13.5. The summed E-state index contributed by atoms with van der Waals surface area (Å²) in [6, 6.07) is 16.5. The van der Waals surface area contributed by atoms with Gasteiger partial charge >= 0.3 is 0 Å². The first kappa shape index (κ1) is 35.7. The Hall–Kier alpha value is -4.57. The zero-order chi connectivity index (χ0) is 35.3. The quantitative estimate of drug-likeness (QED) is 0.189. The third kappa shape index (κ3) is 8.36. The average Bonchev–Trinajstić information content (AvgIpc) is 3.63. The van der Waals surface area contributed by atoms with E-state index in [9.17, 15) is 9.59 Å². The van der Waals surface area contributed by atoms with Crippen LogP contribution in [0.5, 0.6) is 28.7 Å². The standard InChI is InChI=1S/C39H50N4O6/c1-27-23-28(11-16-33(27)48-30-14-12-29(46-7)13-15-30)36(44)42-19-21-43(22-20-42)38(2,3)26-39(4,5)49-35-25-32(40-6)31(24-34(35)47-8)37(45)41-17-9-10-18-41/h11-16,23-25H,6,9-10,17-22,26H2,1-5,7-8H3. The smallest absolute Gasteiger partial charge is 0.256 e. The number of methoxy groups -OCH3 is 2. The van der Waals surface area contributed by atoms with Crippen LogP contribution >= 0.6 is 0 Å². The van der Waals surface area contributed by atoms with Crippen LogP contribution in [0.2, 0.25) is 0 Å². The highest BCUT2D eigenvalue weighted by Crippen LogP contribution is 2.40. The summed E-state index contributed by atoms with van der Waals surface area (Å²) >= 11 is 0. The minimum absolute atomic E-state index is 0.0191. The van der Waals surface area contributed by atoms with Crippen molar-refractivity contribution < 1.29 is 28.5 Å². The summed E-state index contributed by atoms with van der Waals surface area (Å²) in [6.07, 6.45) is 2.72. The first-order valence-corrected chi connectivity index (χ1v) is 17.0. The number of aliphatic imine (C=N–C) groups is 1. The summed E-state index contributed by atoms with van der Waals surface area (Å²) in [5.74, 6) is 3.15. The minimum Gasteiger partial charge on any atom is -0.497 e. The summed E-state index contributed by atoms with van der Waals surface area (Å²) in [5.41, 5.74) is 1.68. The first-order valence-electron chi connectivity index (χ1n) is 17.0. The molecule has 2 heterocycles. The van der Waals surface area contributed by atoms with Gasteiger partial charge in [-0.2, -0.15) is 0 Å². The van der Waals surface area contributed by atoms with E-state index in [1.54, 1.807) is 26.4 Å². The van der Waals surface area contributed by atoms with Gasteiger partial charge in [-0.1, -0.05) is 0 Å². The Morgan fingerprint density at radius 1 is 0.755 bits per heavy atom. The maximum atomic E-state index is 13.5.